The summed E-state index contributed by atoms with van der Waals surface area (Å²) in [7, 11) is 0. The molecule has 0 fully saturated rings. The number of rotatable bonds is 3. The number of Topliss-reactive ketones (excluding diaryl/α,β-unsaturated/α-hetero) is 1. The van der Waals surface area contributed by atoms with Crippen LogP contribution < -0.4 is 5.73 Å². The predicted octanol–water partition coefficient (Wildman–Crippen LogP) is 0.989. The molecule has 1 aliphatic carbocycles. The Morgan fingerprint density at radius 3 is 3.07 bits per heavy atom. The molecule has 0 radical (unpaired) electrons. The molecule has 0 aromatic carbocycles. The number of nitrogens with zero attached hydrogens (tertiary/aromatic N) is 2. The van der Waals surface area contributed by atoms with Crippen molar-refractivity contribution >= 4 is 5.78 Å². The van der Waals surface area contributed by atoms with Gasteiger partial charge in [0.05, 0.1) is 0 Å². The first kappa shape index (κ1) is 10.1. The lowest BCUT2D eigenvalue weighted by Gasteiger charge is -2.08. The molecule has 0 spiro atoms. The number of hydrogen-bond acceptors (Lipinski definition) is 3. The zero-order chi connectivity index (χ0) is 10.8. The van der Waals surface area contributed by atoms with Crippen LogP contribution in [0.2, 0.25) is 0 Å². The maximum absolute atomic E-state index is 12.0. The van der Waals surface area contributed by atoms with Crippen LogP contribution in [0.1, 0.15) is 24.0 Å². The van der Waals surface area contributed by atoms with Crippen LogP contribution in [0, 0.1) is 5.92 Å². The number of ketones is 1. The highest BCUT2D eigenvalue weighted by atomic mass is 16.1. The van der Waals surface area contributed by atoms with Gasteiger partial charge in [-0.3, -0.25) is 4.79 Å². The van der Waals surface area contributed by atoms with Crippen LogP contribution in [0.25, 0.3) is 0 Å². The Bertz CT molecular complexity index is 394. The molecule has 4 heteroatoms. The molecule has 0 saturated heterocycles. The number of carbonyl (C=O) groups excluding carboxylic acids is 1. The molecule has 1 aliphatic rings. The fourth-order valence-corrected chi connectivity index (χ4v) is 1.88. The first-order chi connectivity index (χ1) is 7.22. The number of imidazole rings is 1. The Labute approximate surface area is 88.8 Å². The van der Waals surface area contributed by atoms with Crippen LogP contribution in [-0.4, -0.2) is 21.4 Å². The summed E-state index contributed by atoms with van der Waals surface area (Å²) >= 11 is 0. The Morgan fingerprint density at radius 2 is 2.47 bits per heavy atom. The van der Waals surface area contributed by atoms with Crippen LogP contribution in [0.3, 0.4) is 0 Å². The maximum atomic E-state index is 12.0. The van der Waals surface area contributed by atoms with Gasteiger partial charge in [-0.2, -0.15) is 0 Å². The van der Waals surface area contributed by atoms with Crippen LogP contribution >= 0.6 is 0 Å². The summed E-state index contributed by atoms with van der Waals surface area (Å²) in [5.74, 6) is 0.528. The van der Waals surface area contributed by atoms with E-state index in [1.165, 1.54) is 0 Å². The van der Waals surface area contributed by atoms with E-state index in [1.54, 1.807) is 6.20 Å². The van der Waals surface area contributed by atoms with E-state index in [2.05, 4.69) is 4.98 Å². The SMILES string of the molecule is CCn1ccnc1C(=O)C1C=CC(N)C1. The lowest BCUT2D eigenvalue weighted by molar-refractivity contribution is 0.0928. The van der Waals surface area contributed by atoms with Crippen molar-refractivity contribution in [3.8, 4) is 0 Å². The van der Waals surface area contributed by atoms with Gasteiger partial charge in [-0.15, -0.1) is 0 Å². The highest BCUT2D eigenvalue weighted by molar-refractivity contribution is 5.96. The predicted molar refractivity (Wildman–Crippen MR) is 57.5 cm³/mol. The van der Waals surface area contributed by atoms with Crippen LogP contribution in [0.5, 0.6) is 0 Å². The highest BCUT2D eigenvalue weighted by Crippen LogP contribution is 2.20. The van der Waals surface area contributed by atoms with Crippen molar-refractivity contribution in [2.24, 2.45) is 11.7 Å². The van der Waals surface area contributed by atoms with Crippen LogP contribution in [0.4, 0.5) is 0 Å². The molecule has 0 bridgehead atoms. The molecule has 2 N–H and O–H groups in total. The molecule has 80 valence electrons. The van der Waals surface area contributed by atoms with E-state index in [1.807, 2.05) is 29.8 Å². The van der Waals surface area contributed by atoms with E-state index in [4.69, 9.17) is 5.73 Å². The largest absolute Gasteiger partial charge is 0.329 e. The highest BCUT2D eigenvalue weighted by Gasteiger charge is 2.26. The van der Waals surface area contributed by atoms with E-state index < -0.39 is 0 Å². The normalized spacial score (nSPS) is 24.7. The Hall–Kier alpha value is -1.42. The first-order valence-corrected chi connectivity index (χ1v) is 5.21. The van der Waals surface area contributed by atoms with Gasteiger partial charge < -0.3 is 10.3 Å². The molecule has 0 amide bonds. The zero-order valence-corrected chi connectivity index (χ0v) is 8.76. The number of allylic oxidation sites excluding steroid dienone is 1. The molecule has 15 heavy (non-hydrogen) atoms. The molecule has 2 atom stereocenters. The third-order valence-electron chi connectivity index (χ3n) is 2.73. The average molecular weight is 205 g/mol. The van der Waals surface area contributed by atoms with Crippen LogP contribution in [0.15, 0.2) is 24.5 Å². The van der Waals surface area contributed by atoms with Crippen molar-refractivity contribution in [3.05, 3.63) is 30.4 Å². The summed E-state index contributed by atoms with van der Waals surface area (Å²) in [6, 6.07) is 0.0176. The molecule has 2 unspecified atom stereocenters. The fourth-order valence-electron chi connectivity index (χ4n) is 1.88. The second kappa shape index (κ2) is 3.98. The van der Waals surface area contributed by atoms with Crippen molar-refractivity contribution in [2.75, 3.05) is 0 Å². The van der Waals surface area contributed by atoms with Crippen molar-refractivity contribution in [3.63, 3.8) is 0 Å². The summed E-state index contributed by atoms with van der Waals surface area (Å²) in [6.45, 7) is 2.76. The molecular formula is C11H15N3O. The van der Waals surface area contributed by atoms with Crippen molar-refractivity contribution in [1.29, 1.82) is 0 Å². The minimum Gasteiger partial charge on any atom is -0.329 e. The van der Waals surface area contributed by atoms with Gasteiger partial charge in [-0.25, -0.2) is 4.98 Å². The molecule has 1 aromatic heterocycles. The lowest BCUT2D eigenvalue weighted by atomic mass is 10.0. The molecular weight excluding hydrogens is 190 g/mol. The third kappa shape index (κ3) is 1.85. The molecule has 1 aromatic rings. The average Bonchev–Trinajstić information content (AvgIpc) is 2.84. The molecule has 0 aliphatic heterocycles. The monoisotopic (exact) mass is 205 g/mol. The van der Waals surface area contributed by atoms with E-state index in [9.17, 15) is 4.79 Å². The summed E-state index contributed by atoms with van der Waals surface area (Å²) < 4.78 is 1.86. The number of carbonyl (C=O) groups is 1. The van der Waals surface area contributed by atoms with Gasteiger partial charge in [0, 0.05) is 30.9 Å². The van der Waals surface area contributed by atoms with Gasteiger partial charge in [-0.1, -0.05) is 12.2 Å². The minimum atomic E-state index is -0.0901. The quantitative estimate of drug-likeness (QED) is 0.591. The second-order valence-electron chi connectivity index (χ2n) is 3.79. The number of hydrogen-bond donors (Lipinski definition) is 1. The molecule has 4 nitrogen and oxygen atoms in total. The van der Waals surface area contributed by atoms with Gasteiger partial charge in [0.15, 0.2) is 5.82 Å². The van der Waals surface area contributed by atoms with Gasteiger partial charge in [-0.05, 0) is 13.3 Å². The maximum Gasteiger partial charge on any atom is 0.205 e. The van der Waals surface area contributed by atoms with E-state index >= 15 is 0 Å². The summed E-state index contributed by atoms with van der Waals surface area (Å²) in [5, 5.41) is 0. The van der Waals surface area contributed by atoms with Gasteiger partial charge in [0.1, 0.15) is 0 Å². The van der Waals surface area contributed by atoms with E-state index in [-0.39, 0.29) is 17.7 Å². The number of aryl methyl sites for hydroxylation is 1. The van der Waals surface area contributed by atoms with Gasteiger partial charge in [0.2, 0.25) is 5.78 Å². The molecule has 1 heterocycles. The number of aromatic nitrogens is 2. The first-order valence-electron chi connectivity index (χ1n) is 5.21. The smallest absolute Gasteiger partial charge is 0.205 e. The molecule has 0 saturated carbocycles. The third-order valence-corrected chi connectivity index (χ3v) is 2.73. The summed E-state index contributed by atoms with van der Waals surface area (Å²) in [5.41, 5.74) is 5.72. The van der Waals surface area contributed by atoms with Crippen molar-refractivity contribution in [1.82, 2.24) is 9.55 Å². The molecule has 2 rings (SSSR count). The zero-order valence-electron chi connectivity index (χ0n) is 8.76. The van der Waals surface area contributed by atoms with Crippen molar-refractivity contribution in [2.45, 2.75) is 25.9 Å². The fraction of sp³-hybridized carbons (Fsp3) is 0.455. The summed E-state index contributed by atoms with van der Waals surface area (Å²) in [4.78, 5) is 16.1. The van der Waals surface area contributed by atoms with Crippen molar-refractivity contribution < 1.29 is 4.79 Å². The topological polar surface area (TPSA) is 60.9 Å². The minimum absolute atomic E-state index is 0.0176. The van der Waals surface area contributed by atoms with Crippen LogP contribution in [-0.2, 0) is 6.54 Å². The standard InChI is InChI=1S/C11H15N3O/c1-2-14-6-5-13-11(14)10(15)8-3-4-9(12)7-8/h3-6,8-9H,2,7,12H2,1H3. The lowest BCUT2D eigenvalue weighted by Crippen LogP contribution is -2.21. The number of nitrogens with two attached hydrogens (primary N) is 1. The van der Waals surface area contributed by atoms with Gasteiger partial charge in [0.25, 0.3) is 0 Å². The Balaban J connectivity index is 2.18. The van der Waals surface area contributed by atoms with Gasteiger partial charge >= 0.3 is 0 Å². The summed E-state index contributed by atoms with van der Waals surface area (Å²) in [6.07, 6.45) is 7.97. The van der Waals surface area contributed by atoms with E-state index in [0.29, 0.717) is 12.2 Å². The van der Waals surface area contributed by atoms with E-state index in [0.717, 1.165) is 6.54 Å². The Morgan fingerprint density at radius 1 is 1.67 bits per heavy atom. The Kier molecular flexibility index (Phi) is 2.68. The second-order valence-corrected chi connectivity index (χ2v) is 3.79.